The molecule has 3 heterocycles. The number of ether oxygens (including phenoxy) is 3. The van der Waals surface area contributed by atoms with Crippen molar-refractivity contribution in [2.45, 2.75) is 18.3 Å². The van der Waals surface area contributed by atoms with Crippen molar-refractivity contribution in [2.24, 2.45) is 0 Å². The van der Waals surface area contributed by atoms with Crippen molar-refractivity contribution in [3.8, 4) is 11.4 Å². The van der Waals surface area contributed by atoms with Gasteiger partial charge in [-0.15, -0.1) is 0 Å². The summed E-state index contributed by atoms with van der Waals surface area (Å²) in [6, 6.07) is 13.0. The summed E-state index contributed by atoms with van der Waals surface area (Å²) in [7, 11) is 0. The summed E-state index contributed by atoms with van der Waals surface area (Å²) in [5.74, 6) is 0.386. The Bertz CT molecular complexity index is 1170. The van der Waals surface area contributed by atoms with Crippen LogP contribution in [0.2, 0.25) is 10.0 Å². The first-order valence-electron chi connectivity index (χ1n) is 10.1. The summed E-state index contributed by atoms with van der Waals surface area (Å²) >= 11 is 12.6. The molecule has 1 fully saturated rings. The van der Waals surface area contributed by atoms with Crippen LogP contribution in [-0.4, -0.2) is 38.8 Å². The molecule has 1 N–H and O–H groups in total. The van der Waals surface area contributed by atoms with E-state index in [1.165, 1.54) is 0 Å². The van der Waals surface area contributed by atoms with Crippen LogP contribution < -0.4 is 4.74 Å². The first kappa shape index (κ1) is 21.0. The fourth-order valence-corrected chi connectivity index (χ4v) is 4.26. The molecule has 0 bridgehead atoms. The Morgan fingerprint density at radius 1 is 1.16 bits per heavy atom. The number of aromatic nitrogens is 4. The molecule has 32 heavy (non-hydrogen) atoms. The number of nitrogens with one attached hydrogen (secondary N) is 1. The van der Waals surface area contributed by atoms with E-state index in [4.69, 9.17) is 37.4 Å². The van der Waals surface area contributed by atoms with Crippen molar-refractivity contribution in [2.75, 3.05) is 13.2 Å². The van der Waals surface area contributed by atoms with Crippen LogP contribution in [0.3, 0.4) is 0 Å². The Balaban J connectivity index is 1.30. The molecule has 2 aromatic carbocycles. The standard InChI is InChI=1S/C23H20Cl2N4O3/c24-16-1-6-20(21(25)11-16)23(12-22-27-7-8-28-22)31-14-19(32-23)13-30-18-4-2-17(3-5-18)29-10-9-26-15-29/h1-11,15,19H,12-14H2,(H,27,28)/t19-,23-/m1/s1. The smallest absolute Gasteiger partial charge is 0.204 e. The minimum atomic E-state index is -1.08. The average Bonchev–Trinajstić information content (AvgIpc) is 3.56. The van der Waals surface area contributed by atoms with Gasteiger partial charge in [0.25, 0.3) is 0 Å². The maximum atomic E-state index is 6.50. The van der Waals surface area contributed by atoms with Crippen LogP contribution in [0.25, 0.3) is 5.69 Å². The van der Waals surface area contributed by atoms with E-state index in [9.17, 15) is 0 Å². The van der Waals surface area contributed by atoms with Crippen molar-refractivity contribution in [3.63, 3.8) is 0 Å². The highest BCUT2D eigenvalue weighted by molar-refractivity contribution is 6.35. The van der Waals surface area contributed by atoms with Crippen molar-refractivity contribution < 1.29 is 14.2 Å². The van der Waals surface area contributed by atoms with Gasteiger partial charge in [-0.05, 0) is 36.4 Å². The fraction of sp³-hybridized carbons (Fsp3) is 0.217. The number of hydrogen-bond donors (Lipinski definition) is 1. The third-order valence-corrected chi connectivity index (χ3v) is 5.78. The van der Waals surface area contributed by atoms with Gasteiger partial charge in [0.15, 0.2) is 0 Å². The molecule has 5 rings (SSSR count). The zero-order chi connectivity index (χ0) is 22.0. The SMILES string of the molecule is Clc1ccc([C@]2(Cc3ncc[nH]3)OC[C@@H](COc3ccc(-n4ccnc4)cc3)O2)c(Cl)c1. The quantitative estimate of drug-likeness (QED) is 0.420. The molecule has 2 atom stereocenters. The highest BCUT2D eigenvalue weighted by Crippen LogP contribution is 2.41. The molecule has 0 spiro atoms. The topological polar surface area (TPSA) is 74.2 Å². The highest BCUT2D eigenvalue weighted by atomic mass is 35.5. The normalized spacial score (nSPS) is 20.5. The van der Waals surface area contributed by atoms with Crippen LogP contribution in [0.15, 0.2) is 73.6 Å². The lowest BCUT2D eigenvalue weighted by molar-refractivity contribution is -0.179. The van der Waals surface area contributed by atoms with E-state index in [-0.39, 0.29) is 6.10 Å². The lowest BCUT2D eigenvalue weighted by Crippen LogP contribution is -2.33. The molecule has 7 nitrogen and oxygen atoms in total. The maximum absolute atomic E-state index is 6.50. The second-order valence-electron chi connectivity index (χ2n) is 7.42. The van der Waals surface area contributed by atoms with E-state index in [1.54, 1.807) is 37.1 Å². The van der Waals surface area contributed by atoms with E-state index in [2.05, 4.69) is 15.0 Å². The molecule has 1 saturated heterocycles. The van der Waals surface area contributed by atoms with Gasteiger partial charge in [0.1, 0.15) is 24.3 Å². The Hall–Kier alpha value is -2.84. The lowest BCUT2D eigenvalue weighted by atomic mass is 10.0. The van der Waals surface area contributed by atoms with E-state index in [1.807, 2.05) is 41.1 Å². The largest absolute Gasteiger partial charge is 0.491 e. The molecule has 0 unspecified atom stereocenters. The van der Waals surface area contributed by atoms with Gasteiger partial charge in [0, 0.05) is 41.1 Å². The molecule has 0 aliphatic carbocycles. The number of hydrogen-bond acceptors (Lipinski definition) is 5. The molecule has 0 radical (unpaired) electrons. The van der Waals surface area contributed by atoms with Crippen LogP contribution in [0, 0.1) is 0 Å². The molecule has 0 amide bonds. The zero-order valence-corrected chi connectivity index (χ0v) is 18.5. The van der Waals surface area contributed by atoms with Gasteiger partial charge in [0.2, 0.25) is 5.79 Å². The van der Waals surface area contributed by atoms with Crippen LogP contribution >= 0.6 is 23.2 Å². The molecular weight excluding hydrogens is 451 g/mol. The second kappa shape index (κ2) is 8.96. The lowest BCUT2D eigenvalue weighted by Gasteiger charge is -2.29. The van der Waals surface area contributed by atoms with Crippen molar-refractivity contribution in [3.05, 3.63) is 95.0 Å². The second-order valence-corrected chi connectivity index (χ2v) is 8.26. The number of H-pyrrole nitrogens is 1. The summed E-state index contributed by atoms with van der Waals surface area (Å²) < 4.78 is 20.5. The predicted molar refractivity (Wildman–Crippen MR) is 120 cm³/mol. The van der Waals surface area contributed by atoms with E-state index < -0.39 is 5.79 Å². The van der Waals surface area contributed by atoms with E-state index in [0.717, 1.165) is 17.3 Å². The third kappa shape index (κ3) is 4.38. The molecular formula is C23H20Cl2N4O3. The molecule has 4 aromatic rings. The Kier molecular flexibility index (Phi) is 5.89. The van der Waals surface area contributed by atoms with Crippen LogP contribution in [0.4, 0.5) is 0 Å². The fourth-order valence-electron chi connectivity index (χ4n) is 3.71. The zero-order valence-electron chi connectivity index (χ0n) is 16.9. The van der Waals surface area contributed by atoms with Crippen LogP contribution in [0.5, 0.6) is 5.75 Å². The van der Waals surface area contributed by atoms with Gasteiger partial charge in [0.05, 0.1) is 24.4 Å². The van der Waals surface area contributed by atoms with Gasteiger partial charge in [-0.25, -0.2) is 9.97 Å². The van der Waals surface area contributed by atoms with Crippen LogP contribution in [-0.2, 0) is 21.7 Å². The molecule has 9 heteroatoms. The maximum Gasteiger partial charge on any atom is 0.204 e. The number of rotatable bonds is 7. The molecule has 0 saturated carbocycles. The molecule has 164 valence electrons. The average molecular weight is 471 g/mol. The van der Waals surface area contributed by atoms with Crippen molar-refractivity contribution in [1.29, 1.82) is 0 Å². The van der Waals surface area contributed by atoms with Crippen LogP contribution in [0.1, 0.15) is 11.4 Å². The molecule has 2 aromatic heterocycles. The minimum Gasteiger partial charge on any atom is -0.491 e. The van der Waals surface area contributed by atoms with Gasteiger partial charge >= 0.3 is 0 Å². The Morgan fingerprint density at radius 2 is 2.03 bits per heavy atom. The predicted octanol–water partition coefficient (Wildman–Crippen LogP) is 4.79. The number of aromatic amines is 1. The number of benzene rings is 2. The molecule has 1 aliphatic heterocycles. The molecule has 1 aliphatic rings. The Labute approximate surface area is 194 Å². The van der Waals surface area contributed by atoms with Crippen molar-refractivity contribution in [1.82, 2.24) is 19.5 Å². The van der Waals surface area contributed by atoms with Gasteiger partial charge in [-0.2, -0.15) is 0 Å². The first-order valence-corrected chi connectivity index (χ1v) is 10.8. The number of nitrogens with zero attached hydrogens (tertiary/aromatic N) is 3. The van der Waals surface area contributed by atoms with Gasteiger partial charge in [-0.3, -0.25) is 0 Å². The Morgan fingerprint density at radius 3 is 2.75 bits per heavy atom. The summed E-state index contributed by atoms with van der Waals surface area (Å²) in [5.41, 5.74) is 1.71. The minimum absolute atomic E-state index is 0.287. The summed E-state index contributed by atoms with van der Waals surface area (Å²) in [5, 5.41) is 1.02. The van der Waals surface area contributed by atoms with Crippen molar-refractivity contribution >= 4 is 23.2 Å². The number of imidazole rings is 2. The number of halogens is 2. The monoisotopic (exact) mass is 470 g/mol. The van der Waals surface area contributed by atoms with Gasteiger partial charge < -0.3 is 23.8 Å². The summed E-state index contributed by atoms with van der Waals surface area (Å²) in [6.45, 7) is 0.683. The van der Waals surface area contributed by atoms with E-state index >= 15 is 0 Å². The van der Waals surface area contributed by atoms with Gasteiger partial charge in [-0.1, -0.05) is 29.3 Å². The summed E-state index contributed by atoms with van der Waals surface area (Å²) in [6.07, 6.45) is 8.91. The third-order valence-electron chi connectivity index (χ3n) is 5.23. The summed E-state index contributed by atoms with van der Waals surface area (Å²) in [4.78, 5) is 11.5. The first-order chi connectivity index (χ1) is 15.6. The van der Waals surface area contributed by atoms with E-state index in [0.29, 0.717) is 35.2 Å². The highest BCUT2D eigenvalue weighted by Gasteiger charge is 2.45.